The Bertz CT molecular complexity index is 545. The molecule has 1 aromatic carbocycles. The topological polar surface area (TPSA) is 70.7 Å². The van der Waals surface area contributed by atoms with Crippen LogP contribution < -0.4 is 10.6 Å². The van der Waals surface area contributed by atoms with Gasteiger partial charge in [-0.2, -0.15) is 0 Å². The van der Waals surface area contributed by atoms with Crippen LogP contribution in [0.5, 0.6) is 0 Å². The Morgan fingerprint density at radius 3 is 2.65 bits per heavy atom. The molecule has 1 heterocycles. The molecule has 1 atom stereocenters. The molecule has 0 radical (unpaired) electrons. The standard InChI is InChI=1S/C17H25N3O3/c1-17(2,12-23-11-13-7-5-4-6-8-13)19-16(22)18-14-9-10-20(3)15(14)21/h4-8,14H,9-12H2,1-3H3,(H2,18,19,22)/t14-/m1/s1. The molecule has 6 nitrogen and oxygen atoms in total. The number of ether oxygens (including phenoxy) is 1. The van der Waals surface area contributed by atoms with Crippen LogP contribution in [0.15, 0.2) is 30.3 Å². The minimum Gasteiger partial charge on any atom is -0.374 e. The molecule has 1 aliphatic rings. The van der Waals surface area contributed by atoms with Gasteiger partial charge < -0.3 is 20.3 Å². The van der Waals surface area contributed by atoms with Gasteiger partial charge in [-0.3, -0.25) is 4.79 Å². The number of urea groups is 1. The van der Waals surface area contributed by atoms with Crippen molar-refractivity contribution < 1.29 is 14.3 Å². The van der Waals surface area contributed by atoms with Crippen LogP contribution in [-0.2, 0) is 16.1 Å². The summed E-state index contributed by atoms with van der Waals surface area (Å²) < 4.78 is 5.68. The number of likely N-dealkylation sites (N-methyl/N-ethyl adjacent to an activating group) is 1. The van der Waals surface area contributed by atoms with Gasteiger partial charge in [0.2, 0.25) is 5.91 Å². The van der Waals surface area contributed by atoms with Gasteiger partial charge in [0.15, 0.2) is 0 Å². The first kappa shape index (κ1) is 17.3. The van der Waals surface area contributed by atoms with E-state index in [0.29, 0.717) is 26.2 Å². The number of nitrogens with zero attached hydrogens (tertiary/aromatic N) is 1. The van der Waals surface area contributed by atoms with E-state index in [4.69, 9.17) is 4.74 Å². The zero-order valence-electron chi connectivity index (χ0n) is 14.0. The number of carbonyl (C=O) groups excluding carboxylic acids is 2. The van der Waals surface area contributed by atoms with E-state index in [2.05, 4.69) is 10.6 Å². The Morgan fingerprint density at radius 1 is 1.35 bits per heavy atom. The van der Waals surface area contributed by atoms with E-state index in [-0.39, 0.29) is 11.9 Å². The highest BCUT2D eigenvalue weighted by Crippen LogP contribution is 2.10. The molecule has 0 unspecified atom stereocenters. The van der Waals surface area contributed by atoms with Crippen LogP contribution in [0.2, 0.25) is 0 Å². The smallest absolute Gasteiger partial charge is 0.315 e. The zero-order chi connectivity index (χ0) is 16.9. The number of hydrogen-bond donors (Lipinski definition) is 2. The third-order valence-corrected chi connectivity index (χ3v) is 3.76. The summed E-state index contributed by atoms with van der Waals surface area (Å²) in [6.07, 6.45) is 0.647. The lowest BCUT2D eigenvalue weighted by Gasteiger charge is -2.27. The van der Waals surface area contributed by atoms with Gasteiger partial charge in [-0.1, -0.05) is 30.3 Å². The van der Waals surface area contributed by atoms with Crippen molar-refractivity contribution in [2.24, 2.45) is 0 Å². The van der Waals surface area contributed by atoms with E-state index in [9.17, 15) is 9.59 Å². The first-order chi connectivity index (χ1) is 10.9. The van der Waals surface area contributed by atoms with Crippen molar-refractivity contribution in [3.63, 3.8) is 0 Å². The minimum atomic E-state index is -0.521. The number of rotatable bonds is 6. The monoisotopic (exact) mass is 319 g/mol. The average Bonchev–Trinajstić information content (AvgIpc) is 2.79. The molecule has 1 aliphatic heterocycles. The van der Waals surface area contributed by atoms with E-state index < -0.39 is 11.6 Å². The Hall–Kier alpha value is -2.08. The molecular weight excluding hydrogens is 294 g/mol. The van der Waals surface area contributed by atoms with Crippen molar-refractivity contribution in [1.82, 2.24) is 15.5 Å². The molecule has 1 fully saturated rings. The summed E-state index contributed by atoms with van der Waals surface area (Å²) in [4.78, 5) is 25.5. The quantitative estimate of drug-likeness (QED) is 0.835. The molecular formula is C17H25N3O3. The van der Waals surface area contributed by atoms with Gasteiger partial charge in [0, 0.05) is 13.6 Å². The normalized spacial score (nSPS) is 18.1. The number of carbonyl (C=O) groups is 2. The van der Waals surface area contributed by atoms with Gasteiger partial charge in [0.05, 0.1) is 18.8 Å². The van der Waals surface area contributed by atoms with Crippen LogP contribution in [-0.4, -0.2) is 48.6 Å². The van der Waals surface area contributed by atoms with Crippen molar-refractivity contribution in [2.45, 2.75) is 38.5 Å². The fourth-order valence-corrected chi connectivity index (χ4v) is 2.49. The fourth-order valence-electron chi connectivity index (χ4n) is 2.49. The number of likely N-dealkylation sites (tertiary alicyclic amines) is 1. The van der Waals surface area contributed by atoms with Gasteiger partial charge >= 0.3 is 6.03 Å². The van der Waals surface area contributed by atoms with Crippen molar-refractivity contribution in [3.8, 4) is 0 Å². The molecule has 0 bridgehead atoms. The Balaban J connectivity index is 1.74. The summed E-state index contributed by atoms with van der Waals surface area (Å²) in [7, 11) is 1.74. The highest BCUT2D eigenvalue weighted by atomic mass is 16.5. The van der Waals surface area contributed by atoms with Gasteiger partial charge in [0.25, 0.3) is 0 Å². The van der Waals surface area contributed by atoms with E-state index in [1.807, 2.05) is 44.2 Å². The van der Waals surface area contributed by atoms with Crippen LogP contribution in [0, 0.1) is 0 Å². The molecule has 3 amide bonds. The minimum absolute atomic E-state index is 0.0433. The van der Waals surface area contributed by atoms with Crippen LogP contribution in [0.25, 0.3) is 0 Å². The third-order valence-electron chi connectivity index (χ3n) is 3.76. The number of nitrogens with one attached hydrogen (secondary N) is 2. The van der Waals surface area contributed by atoms with Crippen LogP contribution in [0.1, 0.15) is 25.8 Å². The summed E-state index contributed by atoms with van der Waals surface area (Å²) in [6.45, 7) is 5.33. The van der Waals surface area contributed by atoms with E-state index in [1.54, 1.807) is 11.9 Å². The highest BCUT2D eigenvalue weighted by Gasteiger charge is 2.31. The maximum absolute atomic E-state index is 12.1. The van der Waals surface area contributed by atoms with Gasteiger partial charge in [-0.15, -0.1) is 0 Å². The first-order valence-electron chi connectivity index (χ1n) is 7.83. The van der Waals surface area contributed by atoms with Crippen molar-refractivity contribution >= 4 is 11.9 Å². The lowest BCUT2D eigenvalue weighted by Crippen LogP contribution is -2.54. The van der Waals surface area contributed by atoms with Crippen molar-refractivity contribution in [2.75, 3.05) is 20.2 Å². The number of hydrogen-bond acceptors (Lipinski definition) is 3. The number of amides is 3. The van der Waals surface area contributed by atoms with Crippen LogP contribution in [0.3, 0.4) is 0 Å². The molecule has 0 saturated carbocycles. The lowest BCUT2D eigenvalue weighted by atomic mass is 10.1. The molecule has 0 aliphatic carbocycles. The van der Waals surface area contributed by atoms with E-state index in [0.717, 1.165) is 5.56 Å². The van der Waals surface area contributed by atoms with Gasteiger partial charge in [-0.25, -0.2) is 4.79 Å². The van der Waals surface area contributed by atoms with Gasteiger partial charge in [-0.05, 0) is 25.8 Å². The van der Waals surface area contributed by atoms with Crippen LogP contribution in [0.4, 0.5) is 4.79 Å². The molecule has 6 heteroatoms. The second-order valence-electron chi connectivity index (χ2n) is 6.56. The summed E-state index contributed by atoms with van der Waals surface area (Å²) in [5, 5.41) is 5.59. The summed E-state index contributed by atoms with van der Waals surface area (Å²) in [5.41, 5.74) is 0.569. The average molecular weight is 319 g/mol. The molecule has 1 aromatic rings. The first-order valence-corrected chi connectivity index (χ1v) is 7.83. The largest absolute Gasteiger partial charge is 0.374 e. The molecule has 23 heavy (non-hydrogen) atoms. The third kappa shape index (κ3) is 5.25. The second kappa shape index (κ2) is 7.46. The van der Waals surface area contributed by atoms with Crippen molar-refractivity contribution in [3.05, 3.63) is 35.9 Å². The second-order valence-corrected chi connectivity index (χ2v) is 6.56. The lowest BCUT2D eigenvalue weighted by molar-refractivity contribution is -0.128. The van der Waals surface area contributed by atoms with Crippen molar-refractivity contribution in [1.29, 1.82) is 0 Å². The van der Waals surface area contributed by atoms with Gasteiger partial charge in [0.1, 0.15) is 6.04 Å². The fraction of sp³-hybridized carbons (Fsp3) is 0.529. The Kier molecular flexibility index (Phi) is 5.60. The molecule has 2 N–H and O–H groups in total. The molecule has 0 aromatic heterocycles. The zero-order valence-corrected chi connectivity index (χ0v) is 14.0. The maximum Gasteiger partial charge on any atom is 0.315 e. The predicted molar refractivity (Wildman–Crippen MR) is 87.9 cm³/mol. The predicted octanol–water partition coefficient (Wildman–Crippen LogP) is 1.51. The SMILES string of the molecule is CN1CC[C@@H](NC(=O)NC(C)(C)COCc2ccccc2)C1=O. The Morgan fingerprint density at radius 2 is 2.04 bits per heavy atom. The summed E-state index contributed by atoms with van der Waals surface area (Å²) >= 11 is 0. The van der Waals surface area contributed by atoms with E-state index >= 15 is 0 Å². The summed E-state index contributed by atoms with van der Waals surface area (Å²) in [6, 6.07) is 9.11. The molecule has 1 saturated heterocycles. The van der Waals surface area contributed by atoms with E-state index in [1.165, 1.54) is 0 Å². The molecule has 2 rings (SSSR count). The summed E-state index contributed by atoms with van der Waals surface area (Å²) in [5.74, 6) is -0.0433. The molecule has 0 spiro atoms. The number of benzene rings is 1. The molecule has 126 valence electrons. The Labute approximate surface area is 137 Å². The maximum atomic E-state index is 12.1. The highest BCUT2D eigenvalue weighted by molar-refractivity contribution is 5.88. The van der Waals surface area contributed by atoms with Crippen LogP contribution >= 0.6 is 0 Å².